The zero-order valence-electron chi connectivity index (χ0n) is 13.2. The molecule has 9 heteroatoms. The fourth-order valence-corrected chi connectivity index (χ4v) is 2.73. The maximum Gasteiger partial charge on any atom is 0.251 e. The van der Waals surface area contributed by atoms with Crippen LogP contribution in [-0.2, 0) is 6.54 Å². The van der Waals surface area contributed by atoms with Gasteiger partial charge in [-0.05, 0) is 12.1 Å². The van der Waals surface area contributed by atoms with E-state index in [2.05, 4.69) is 20.2 Å². The maximum atomic E-state index is 14.3. The average Bonchev–Trinajstić information content (AvgIpc) is 3.28. The zero-order valence-corrected chi connectivity index (χ0v) is 13.9. The second-order valence-electron chi connectivity index (χ2n) is 5.45. The van der Waals surface area contributed by atoms with Crippen molar-refractivity contribution in [3.63, 3.8) is 0 Å². The predicted molar refractivity (Wildman–Crippen MR) is 92.1 cm³/mol. The van der Waals surface area contributed by atoms with Crippen LogP contribution in [0.4, 0.5) is 4.39 Å². The van der Waals surface area contributed by atoms with Crippen LogP contribution < -0.4 is 5.56 Å². The molecule has 7 nitrogen and oxygen atoms in total. The standard InChI is InChI=1S/C17H11ClFN5O2/c18-11-3-1-2-10(16(11)19)9-24-14(12-5-7-26-23-12)8-13(22-24)17-20-6-4-15(25)21-17/h1-8H,9H2,(H,20,21,25). The van der Waals surface area contributed by atoms with Crippen molar-refractivity contribution in [2.24, 2.45) is 0 Å². The molecule has 0 saturated carbocycles. The Balaban J connectivity index is 1.82. The molecule has 1 aromatic carbocycles. The van der Waals surface area contributed by atoms with Crippen molar-refractivity contribution in [1.82, 2.24) is 24.9 Å². The average molecular weight is 372 g/mol. The van der Waals surface area contributed by atoms with Crippen LogP contribution in [0.5, 0.6) is 0 Å². The van der Waals surface area contributed by atoms with Crippen LogP contribution in [0.3, 0.4) is 0 Å². The van der Waals surface area contributed by atoms with Crippen molar-refractivity contribution < 1.29 is 8.91 Å². The van der Waals surface area contributed by atoms with Crippen LogP contribution in [0.25, 0.3) is 22.9 Å². The van der Waals surface area contributed by atoms with Crippen LogP contribution >= 0.6 is 11.6 Å². The smallest absolute Gasteiger partial charge is 0.251 e. The molecule has 0 aliphatic carbocycles. The minimum atomic E-state index is -0.511. The molecule has 4 aromatic rings. The third-order valence-electron chi connectivity index (χ3n) is 3.75. The number of H-pyrrole nitrogens is 1. The Hall–Kier alpha value is -3.26. The lowest BCUT2D eigenvalue weighted by Crippen LogP contribution is -2.08. The van der Waals surface area contributed by atoms with Crippen molar-refractivity contribution in [3.8, 4) is 22.9 Å². The minimum absolute atomic E-state index is 0.0342. The Morgan fingerprint density at radius 3 is 2.88 bits per heavy atom. The van der Waals surface area contributed by atoms with E-state index in [0.29, 0.717) is 28.5 Å². The number of hydrogen-bond donors (Lipinski definition) is 1. The van der Waals surface area contributed by atoms with Gasteiger partial charge < -0.3 is 9.51 Å². The van der Waals surface area contributed by atoms with Crippen molar-refractivity contribution in [3.05, 3.63) is 75.6 Å². The van der Waals surface area contributed by atoms with Gasteiger partial charge >= 0.3 is 0 Å². The third kappa shape index (κ3) is 3.02. The fraction of sp³-hybridized carbons (Fsp3) is 0.0588. The van der Waals surface area contributed by atoms with E-state index in [1.165, 1.54) is 24.6 Å². The van der Waals surface area contributed by atoms with Crippen LogP contribution in [0.2, 0.25) is 5.02 Å². The van der Waals surface area contributed by atoms with Crippen LogP contribution in [0, 0.1) is 5.82 Å². The van der Waals surface area contributed by atoms with E-state index in [1.807, 2.05) is 0 Å². The molecular weight excluding hydrogens is 361 g/mol. The van der Waals surface area contributed by atoms with Crippen LogP contribution in [-0.4, -0.2) is 24.9 Å². The lowest BCUT2D eigenvalue weighted by atomic mass is 10.2. The van der Waals surface area contributed by atoms with Gasteiger partial charge in [-0.2, -0.15) is 5.10 Å². The molecule has 130 valence electrons. The summed E-state index contributed by atoms with van der Waals surface area (Å²) in [6, 6.07) is 9.42. The molecule has 0 fully saturated rings. The maximum absolute atomic E-state index is 14.3. The van der Waals surface area contributed by atoms with E-state index in [-0.39, 0.29) is 17.1 Å². The van der Waals surface area contributed by atoms with Gasteiger partial charge in [-0.25, -0.2) is 9.37 Å². The highest BCUT2D eigenvalue weighted by atomic mass is 35.5. The lowest BCUT2D eigenvalue weighted by Gasteiger charge is -2.07. The highest BCUT2D eigenvalue weighted by Crippen LogP contribution is 2.25. The topological polar surface area (TPSA) is 89.6 Å². The molecule has 0 saturated heterocycles. The second kappa shape index (κ2) is 6.57. The Bertz CT molecular complexity index is 1120. The molecule has 0 aliphatic heterocycles. The molecule has 3 heterocycles. The van der Waals surface area contributed by atoms with E-state index in [1.54, 1.807) is 28.9 Å². The summed E-state index contributed by atoms with van der Waals surface area (Å²) in [5.74, 6) is -0.212. The summed E-state index contributed by atoms with van der Waals surface area (Å²) >= 11 is 5.86. The van der Waals surface area contributed by atoms with Crippen molar-refractivity contribution >= 4 is 11.6 Å². The van der Waals surface area contributed by atoms with Crippen molar-refractivity contribution in [1.29, 1.82) is 0 Å². The third-order valence-corrected chi connectivity index (χ3v) is 4.04. The molecule has 0 unspecified atom stereocenters. The number of aromatic amines is 1. The highest BCUT2D eigenvalue weighted by molar-refractivity contribution is 6.30. The summed E-state index contributed by atoms with van der Waals surface area (Å²) in [6.45, 7) is 0.117. The van der Waals surface area contributed by atoms with Gasteiger partial charge in [-0.1, -0.05) is 28.9 Å². The van der Waals surface area contributed by atoms with Gasteiger partial charge in [0.05, 0.1) is 17.3 Å². The van der Waals surface area contributed by atoms with Gasteiger partial charge in [0.25, 0.3) is 5.56 Å². The molecule has 4 rings (SSSR count). The Morgan fingerprint density at radius 2 is 2.12 bits per heavy atom. The van der Waals surface area contributed by atoms with E-state index in [0.717, 1.165) is 0 Å². The Morgan fingerprint density at radius 1 is 1.23 bits per heavy atom. The first-order valence-corrected chi connectivity index (χ1v) is 7.97. The molecule has 1 N–H and O–H groups in total. The summed E-state index contributed by atoms with van der Waals surface area (Å²) in [6.07, 6.45) is 2.81. The van der Waals surface area contributed by atoms with Crippen LogP contribution in [0.15, 0.2) is 58.2 Å². The van der Waals surface area contributed by atoms with Gasteiger partial charge in [0.15, 0.2) is 5.82 Å². The molecule has 0 bridgehead atoms. The number of nitrogens with zero attached hydrogens (tertiary/aromatic N) is 4. The summed E-state index contributed by atoms with van der Waals surface area (Å²) in [7, 11) is 0. The molecule has 0 spiro atoms. The van der Waals surface area contributed by atoms with E-state index < -0.39 is 5.82 Å². The predicted octanol–water partition coefficient (Wildman–Crippen LogP) is 3.13. The number of benzene rings is 1. The number of halogens is 2. The SMILES string of the molecule is O=c1ccnc(-c2cc(-c3ccon3)n(Cc3cccc(Cl)c3F)n2)[nH]1. The summed E-state index contributed by atoms with van der Waals surface area (Å²) in [4.78, 5) is 18.3. The molecule has 3 aromatic heterocycles. The van der Waals surface area contributed by atoms with Crippen LogP contribution in [0.1, 0.15) is 5.56 Å². The quantitative estimate of drug-likeness (QED) is 0.595. The molecule has 0 aliphatic rings. The summed E-state index contributed by atoms with van der Waals surface area (Å²) in [5, 5.41) is 8.38. The minimum Gasteiger partial charge on any atom is -0.364 e. The first kappa shape index (κ1) is 16.2. The van der Waals surface area contributed by atoms with E-state index in [9.17, 15) is 9.18 Å². The Labute approximate surface area is 151 Å². The summed E-state index contributed by atoms with van der Waals surface area (Å²) in [5.41, 5.74) is 1.59. The van der Waals surface area contributed by atoms with Crippen molar-refractivity contribution in [2.75, 3.05) is 0 Å². The van der Waals surface area contributed by atoms with Gasteiger partial charge in [-0.15, -0.1) is 0 Å². The van der Waals surface area contributed by atoms with Crippen molar-refractivity contribution in [2.45, 2.75) is 6.54 Å². The highest BCUT2D eigenvalue weighted by Gasteiger charge is 2.17. The first-order chi connectivity index (χ1) is 12.6. The zero-order chi connectivity index (χ0) is 18.1. The number of hydrogen-bond acceptors (Lipinski definition) is 5. The van der Waals surface area contributed by atoms with Gasteiger partial charge in [0.1, 0.15) is 23.5 Å². The van der Waals surface area contributed by atoms with E-state index >= 15 is 0 Å². The summed E-state index contributed by atoms with van der Waals surface area (Å²) < 4.78 is 20.7. The molecular formula is C17H11ClFN5O2. The molecule has 26 heavy (non-hydrogen) atoms. The normalized spacial score (nSPS) is 11.0. The second-order valence-corrected chi connectivity index (χ2v) is 5.86. The number of nitrogens with one attached hydrogen (secondary N) is 1. The van der Waals surface area contributed by atoms with Gasteiger partial charge in [-0.3, -0.25) is 9.48 Å². The monoisotopic (exact) mass is 371 g/mol. The lowest BCUT2D eigenvalue weighted by molar-refractivity contribution is 0.421. The van der Waals surface area contributed by atoms with Gasteiger partial charge in [0, 0.05) is 23.9 Å². The largest absolute Gasteiger partial charge is 0.364 e. The van der Waals surface area contributed by atoms with E-state index in [4.69, 9.17) is 16.1 Å². The number of aromatic nitrogens is 5. The molecule has 0 radical (unpaired) electrons. The molecule has 0 amide bonds. The fourth-order valence-electron chi connectivity index (χ4n) is 2.54. The number of rotatable bonds is 4. The van der Waals surface area contributed by atoms with Gasteiger partial charge in [0.2, 0.25) is 0 Å². The molecule has 0 atom stereocenters. The first-order valence-electron chi connectivity index (χ1n) is 7.59. The Kier molecular flexibility index (Phi) is 4.10.